The summed E-state index contributed by atoms with van der Waals surface area (Å²) in [4.78, 5) is 17.9. The van der Waals surface area contributed by atoms with Crippen LogP contribution >= 0.6 is 0 Å². The number of piperidine rings is 1. The van der Waals surface area contributed by atoms with Crippen molar-refractivity contribution in [1.29, 1.82) is 0 Å². The van der Waals surface area contributed by atoms with Gasteiger partial charge >= 0.3 is 5.97 Å². The van der Waals surface area contributed by atoms with E-state index in [0.29, 0.717) is 0 Å². The van der Waals surface area contributed by atoms with Crippen molar-refractivity contribution in [2.24, 2.45) is 5.41 Å². The first-order valence-electron chi connectivity index (χ1n) is 7.34. The number of pyridine rings is 1. The van der Waals surface area contributed by atoms with Crippen molar-refractivity contribution in [3.8, 4) is 0 Å². The third-order valence-corrected chi connectivity index (χ3v) is 4.15. The molecular weight excluding hydrogens is 264 g/mol. The van der Waals surface area contributed by atoms with E-state index >= 15 is 0 Å². The normalized spacial score (nSPS) is 17.9. The molecule has 1 fully saturated rings. The van der Waals surface area contributed by atoms with Gasteiger partial charge in [-0.05, 0) is 30.4 Å². The third-order valence-electron chi connectivity index (χ3n) is 4.15. The van der Waals surface area contributed by atoms with E-state index in [2.05, 4.69) is 23.7 Å². The average Bonchev–Trinajstić information content (AvgIpc) is 2.45. The second-order valence-electron chi connectivity index (χ2n) is 6.54. The number of para-hydroxylation sites is 1. The highest BCUT2D eigenvalue weighted by molar-refractivity contribution is 5.97. The minimum absolute atomic E-state index is 0.118. The number of carbonyl (C=O) groups is 1. The SMILES string of the molecule is CC1(C)CCCN(c2cc(C(=O)O)nc3ccccc23)C1. The number of nitrogens with zero attached hydrogens (tertiary/aromatic N) is 2. The molecule has 0 bridgehead atoms. The van der Waals surface area contributed by atoms with E-state index < -0.39 is 5.97 Å². The Morgan fingerprint density at radius 1 is 1.33 bits per heavy atom. The predicted octanol–water partition coefficient (Wildman–Crippen LogP) is 3.56. The lowest BCUT2D eigenvalue weighted by Crippen LogP contribution is -2.40. The van der Waals surface area contributed by atoms with Gasteiger partial charge in [0.25, 0.3) is 0 Å². The second-order valence-corrected chi connectivity index (χ2v) is 6.54. The first kappa shape index (κ1) is 13.9. The molecule has 0 atom stereocenters. The van der Waals surface area contributed by atoms with Crippen LogP contribution in [0.1, 0.15) is 37.2 Å². The van der Waals surface area contributed by atoms with Crippen LogP contribution in [0.25, 0.3) is 10.9 Å². The summed E-state index contributed by atoms with van der Waals surface area (Å²) in [7, 11) is 0. The molecule has 0 saturated carbocycles. The van der Waals surface area contributed by atoms with E-state index in [4.69, 9.17) is 0 Å². The van der Waals surface area contributed by atoms with Crippen molar-refractivity contribution < 1.29 is 9.90 Å². The monoisotopic (exact) mass is 284 g/mol. The molecule has 21 heavy (non-hydrogen) atoms. The van der Waals surface area contributed by atoms with Gasteiger partial charge in [-0.1, -0.05) is 32.0 Å². The topological polar surface area (TPSA) is 53.4 Å². The zero-order chi connectivity index (χ0) is 15.0. The smallest absolute Gasteiger partial charge is 0.354 e. The molecule has 1 N–H and O–H groups in total. The maximum Gasteiger partial charge on any atom is 0.354 e. The number of rotatable bonds is 2. The number of fused-ring (bicyclic) bond motifs is 1. The van der Waals surface area contributed by atoms with Crippen LogP contribution < -0.4 is 4.90 Å². The van der Waals surface area contributed by atoms with Crippen LogP contribution in [0.3, 0.4) is 0 Å². The van der Waals surface area contributed by atoms with Crippen LogP contribution in [0.2, 0.25) is 0 Å². The highest BCUT2D eigenvalue weighted by Gasteiger charge is 2.28. The molecule has 4 nitrogen and oxygen atoms in total. The zero-order valence-electron chi connectivity index (χ0n) is 12.5. The first-order chi connectivity index (χ1) is 9.96. The lowest BCUT2D eigenvalue weighted by atomic mass is 9.84. The van der Waals surface area contributed by atoms with Crippen LogP contribution in [0, 0.1) is 5.41 Å². The molecular formula is C17H20N2O2. The summed E-state index contributed by atoms with van der Waals surface area (Å²) in [5.41, 5.74) is 2.11. The molecule has 4 heteroatoms. The molecule has 2 heterocycles. The summed E-state index contributed by atoms with van der Waals surface area (Å²) < 4.78 is 0. The highest BCUT2D eigenvalue weighted by Crippen LogP contribution is 2.35. The fourth-order valence-electron chi connectivity index (χ4n) is 3.16. The summed E-state index contributed by atoms with van der Waals surface area (Å²) in [5.74, 6) is -0.974. The molecule has 0 radical (unpaired) electrons. The number of aromatic carboxylic acids is 1. The van der Waals surface area contributed by atoms with Gasteiger partial charge in [-0.25, -0.2) is 9.78 Å². The minimum atomic E-state index is -0.974. The summed E-state index contributed by atoms with van der Waals surface area (Å²) in [5, 5.41) is 10.3. The number of aromatic nitrogens is 1. The molecule has 1 aliphatic rings. The Bertz CT molecular complexity index is 694. The molecule has 0 aliphatic carbocycles. The van der Waals surface area contributed by atoms with Crippen LogP contribution in [0.5, 0.6) is 0 Å². The van der Waals surface area contributed by atoms with Gasteiger partial charge < -0.3 is 10.0 Å². The number of carboxylic acid groups (broad SMARTS) is 1. The summed E-state index contributed by atoms with van der Waals surface area (Å²) in [6.45, 7) is 6.44. The zero-order valence-corrected chi connectivity index (χ0v) is 12.5. The Labute approximate surface area is 124 Å². The third kappa shape index (κ3) is 2.71. The molecule has 0 amide bonds. The van der Waals surface area contributed by atoms with Crippen LogP contribution in [0.15, 0.2) is 30.3 Å². The van der Waals surface area contributed by atoms with Crippen molar-refractivity contribution in [3.63, 3.8) is 0 Å². The quantitative estimate of drug-likeness (QED) is 0.916. The van der Waals surface area contributed by atoms with Crippen LogP contribution in [-0.2, 0) is 0 Å². The minimum Gasteiger partial charge on any atom is -0.477 e. The van der Waals surface area contributed by atoms with Gasteiger partial charge in [0.2, 0.25) is 0 Å². The number of hydrogen-bond donors (Lipinski definition) is 1. The molecule has 0 spiro atoms. The summed E-state index contributed by atoms with van der Waals surface area (Å²) in [6.07, 6.45) is 2.34. The summed E-state index contributed by atoms with van der Waals surface area (Å²) in [6, 6.07) is 9.48. The summed E-state index contributed by atoms with van der Waals surface area (Å²) >= 11 is 0. The fourth-order valence-corrected chi connectivity index (χ4v) is 3.16. The van der Waals surface area contributed by atoms with Crippen LogP contribution in [0.4, 0.5) is 5.69 Å². The molecule has 110 valence electrons. The second kappa shape index (κ2) is 5.02. The van der Waals surface area contributed by atoms with Crippen molar-refractivity contribution in [3.05, 3.63) is 36.0 Å². The van der Waals surface area contributed by atoms with Crippen molar-refractivity contribution >= 4 is 22.6 Å². The van der Waals surface area contributed by atoms with Gasteiger partial charge in [0.15, 0.2) is 5.69 Å². The Morgan fingerprint density at radius 3 is 2.81 bits per heavy atom. The van der Waals surface area contributed by atoms with E-state index in [1.807, 2.05) is 24.3 Å². The fraction of sp³-hybridized carbons (Fsp3) is 0.412. The van der Waals surface area contributed by atoms with E-state index in [0.717, 1.165) is 36.1 Å². The lowest BCUT2D eigenvalue weighted by molar-refractivity contribution is 0.0691. The van der Waals surface area contributed by atoms with Gasteiger partial charge in [0, 0.05) is 24.2 Å². The number of hydrogen-bond acceptors (Lipinski definition) is 3. The highest BCUT2D eigenvalue weighted by atomic mass is 16.4. The Balaban J connectivity index is 2.13. The molecule has 1 saturated heterocycles. The van der Waals surface area contributed by atoms with Crippen molar-refractivity contribution in [1.82, 2.24) is 4.98 Å². The van der Waals surface area contributed by atoms with Crippen LogP contribution in [-0.4, -0.2) is 29.1 Å². The van der Waals surface area contributed by atoms with Gasteiger partial charge in [0.1, 0.15) is 0 Å². The van der Waals surface area contributed by atoms with Gasteiger partial charge in [0.05, 0.1) is 5.52 Å². The standard InChI is InChI=1S/C17H20N2O2/c1-17(2)8-5-9-19(11-17)15-10-14(16(20)21)18-13-7-4-3-6-12(13)15/h3-4,6-7,10H,5,8-9,11H2,1-2H3,(H,20,21). The first-order valence-corrected chi connectivity index (χ1v) is 7.34. The van der Waals surface area contributed by atoms with Gasteiger partial charge in [-0.3, -0.25) is 0 Å². The van der Waals surface area contributed by atoms with E-state index in [1.165, 1.54) is 6.42 Å². The van der Waals surface area contributed by atoms with Crippen molar-refractivity contribution in [2.75, 3.05) is 18.0 Å². The maximum absolute atomic E-state index is 11.3. The van der Waals surface area contributed by atoms with Gasteiger partial charge in [-0.2, -0.15) is 0 Å². The largest absolute Gasteiger partial charge is 0.477 e. The number of benzene rings is 1. The molecule has 3 rings (SSSR count). The lowest BCUT2D eigenvalue weighted by Gasteiger charge is -2.40. The molecule has 1 aromatic carbocycles. The molecule has 1 aromatic heterocycles. The number of carboxylic acids is 1. The maximum atomic E-state index is 11.3. The number of anilines is 1. The van der Waals surface area contributed by atoms with E-state index in [1.54, 1.807) is 6.07 Å². The predicted molar refractivity (Wildman–Crippen MR) is 83.9 cm³/mol. The Kier molecular flexibility index (Phi) is 3.32. The Hall–Kier alpha value is -2.10. The van der Waals surface area contributed by atoms with E-state index in [-0.39, 0.29) is 11.1 Å². The molecule has 1 aliphatic heterocycles. The molecule has 0 unspecified atom stereocenters. The Morgan fingerprint density at radius 2 is 2.10 bits per heavy atom. The van der Waals surface area contributed by atoms with Crippen molar-refractivity contribution in [2.45, 2.75) is 26.7 Å². The average molecular weight is 284 g/mol. The van der Waals surface area contributed by atoms with E-state index in [9.17, 15) is 9.90 Å². The van der Waals surface area contributed by atoms with Gasteiger partial charge in [-0.15, -0.1) is 0 Å². The molecule has 2 aromatic rings.